The fraction of sp³-hybridized carbons (Fsp3) is 0.135. The second-order valence-corrected chi connectivity index (χ2v) is 12.5. The molecule has 42 heavy (non-hydrogen) atoms. The molecule has 0 N–H and O–H groups in total. The highest BCUT2D eigenvalue weighted by molar-refractivity contribution is 7.26. The third-order valence-electron chi connectivity index (χ3n) is 7.82. The van der Waals surface area contributed by atoms with E-state index in [1.807, 2.05) is 44.2 Å². The van der Waals surface area contributed by atoms with Gasteiger partial charge in [0.2, 0.25) is 0 Å². The van der Waals surface area contributed by atoms with Crippen molar-refractivity contribution in [3.63, 3.8) is 0 Å². The number of fused-ring (bicyclic) bond motifs is 6. The molecule has 2 heterocycles. The standard InChI is InChI=1S/C37H28O3S2/c1-3-11-32(38)30-20-29(27-17-10-15-25-23-13-6-8-19-34(23)42-36(25)27)31(37(39)40-4-2)21-28(30)26-16-9-14-24-22-12-5-7-18-33(22)41-35(24)26/h5-10,12-21H,3-4,11H2,1-2H3. The molecule has 0 saturated heterocycles. The number of rotatable bonds is 7. The molecule has 0 aliphatic carbocycles. The highest BCUT2D eigenvalue weighted by Gasteiger charge is 2.25. The van der Waals surface area contributed by atoms with E-state index in [0.29, 0.717) is 17.5 Å². The lowest BCUT2D eigenvalue weighted by Gasteiger charge is -2.17. The van der Waals surface area contributed by atoms with E-state index in [0.717, 1.165) is 48.8 Å². The smallest absolute Gasteiger partial charge is 0.338 e. The third kappa shape index (κ3) is 4.32. The molecule has 206 valence electrons. The molecule has 0 amide bonds. The van der Waals surface area contributed by atoms with Crippen LogP contribution in [0.25, 0.3) is 62.6 Å². The fourth-order valence-corrected chi connectivity index (χ4v) is 8.39. The highest BCUT2D eigenvalue weighted by atomic mass is 32.1. The molecule has 0 atom stereocenters. The SMILES string of the molecule is CCCC(=O)c1cc(-c2cccc3c2sc2ccccc23)c(C(=O)OCC)cc1-c1cccc2c1sc1ccccc12. The van der Waals surface area contributed by atoms with Crippen molar-refractivity contribution in [3.8, 4) is 22.3 Å². The molecule has 0 aliphatic rings. The molecule has 7 aromatic rings. The molecule has 0 bridgehead atoms. The summed E-state index contributed by atoms with van der Waals surface area (Å²) in [4.78, 5) is 27.5. The van der Waals surface area contributed by atoms with Gasteiger partial charge < -0.3 is 4.74 Å². The van der Waals surface area contributed by atoms with E-state index < -0.39 is 0 Å². The van der Waals surface area contributed by atoms with Gasteiger partial charge in [0.25, 0.3) is 0 Å². The van der Waals surface area contributed by atoms with Gasteiger partial charge in [-0.15, -0.1) is 22.7 Å². The fourth-order valence-electron chi connectivity index (χ4n) is 5.93. The normalized spacial score (nSPS) is 11.6. The number of hydrogen-bond acceptors (Lipinski definition) is 5. The second-order valence-electron chi connectivity index (χ2n) is 10.4. The molecular weight excluding hydrogens is 557 g/mol. The van der Waals surface area contributed by atoms with Gasteiger partial charge in [-0.25, -0.2) is 4.79 Å². The lowest BCUT2D eigenvalue weighted by atomic mass is 9.87. The van der Waals surface area contributed by atoms with Crippen LogP contribution in [0.15, 0.2) is 97.1 Å². The lowest BCUT2D eigenvalue weighted by molar-refractivity contribution is 0.0527. The molecular formula is C37H28O3S2. The molecule has 3 nitrogen and oxygen atoms in total. The Morgan fingerprint density at radius 1 is 0.595 bits per heavy atom. The zero-order valence-electron chi connectivity index (χ0n) is 23.4. The van der Waals surface area contributed by atoms with Gasteiger partial charge in [0.1, 0.15) is 0 Å². The summed E-state index contributed by atoms with van der Waals surface area (Å²) in [6.45, 7) is 4.11. The topological polar surface area (TPSA) is 43.4 Å². The number of Topliss-reactive ketones (excluding diaryl/α,β-unsaturated/α-hetero) is 1. The number of carbonyl (C=O) groups is 2. The minimum atomic E-state index is -0.384. The van der Waals surface area contributed by atoms with Crippen LogP contribution in [-0.4, -0.2) is 18.4 Å². The van der Waals surface area contributed by atoms with E-state index >= 15 is 0 Å². The van der Waals surface area contributed by atoms with Crippen molar-refractivity contribution in [3.05, 3.63) is 108 Å². The van der Waals surface area contributed by atoms with Crippen LogP contribution in [0.1, 0.15) is 47.4 Å². The maximum Gasteiger partial charge on any atom is 0.338 e. The number of esters is 1. The van der Waals surface area contributed by atoms with Crippen molar-refractivity contribution in [2.75, 3.05) is 6.61 Å². The molecule has 5 heteroatoms. The van der Waals surface area contributed by atoms with Crippen molar-refractivity contribution >= 4 is 74.8 Å². The Hall–Kier alpha value is -4.32. The van der Waals surface area contributed by atoms with E-state index in [4.69, 9.17) is 4.74 Å². The van der Waals surface area contributed by atoms with E-state index in [9.17, 15) is 9.59 Å². The van der Waals surface area contributed by atoms with Crippen LogP contribution in [0.4, 0.5) is 0 Å². The van der Waals surface area contributed by atoms with Gasteiger partial charge >= 0.3 is 5.97 Å². The summed E-state index contributed by atoms with van der Waals surface area (Å²) in [5, 5.41) is 4.68. The molecule has 0 spiro atoms. The Bertz CT molecular complexity index is 2010. The minimum absolute atomic E-state index is 0.0748. The molecule has 0 unspecified atom stereocenters. The number of benzene rings is 5. The Morgan fingerprint density at radius 2 is 1.10 bits per heavy atom. The first-order chi connectivity index (χ1) is 20.6. The summed E-state index contributed by atoms with van der Waals surface area (Å²) in [5.41, 5.74) is 4.53. The van der Waals surface area contributed by atoms with Gasteiger partial charge in [0, 0.05) is 63.5 Å². The van der Waals surface area contributed by atoms with Gasteiger partial charge in [-0.1, -0.05) is 79.7 Å². The summed E-state index contributed by atoms with van der Waals surface area (Å²) in [7, 11) is 0. The van der Waals surface area contributed by atoms with Crippen molar-refractivity contribution in [2.45, 2.75) is 26.7 Å². The summed E-state index contributed by atoms with van der Waals surface area (Å²) >= 11 is 3.43. The second kappa shape index (κ2) is 10.8. The Labute approximate surface area is 252 Å². The average molecular weight is 585 g/mol. The van der Waals surface area contributed by atoms with Gasteiger partial charge in [0.05, 0.1) is 12.2 Å². The Kier molecular flexibility index (Phi) is 6.85. The quantitative estimate of drug-likeness (QED) is 0.138. The molecule has 0 fully saturated rings. The number of ketones is 1. The average Bonchev–Trinajstić information content (AvgIpc) is 3.59. The zero-order valence-corrected chi connectivity index (χ0v) is 25.0. The summed E-state index contributed by atoms with van der Waals surface area (Å²) in [6.07, 6.45) is 1.17. The number of ether oxygens (including phenoxy) is 1. The molecule has 5 aromatic carbocycles. The Morgan fingerprint density at radius 3 is 1.64 bits per heavy atom. The van der Waals surface area contributed by atoms with Crippen molar-refractivity contribution in [1.82, 2.24) is 0 Å². The molecule has 0 radical (unpaired) electrons. The lowest BCUT2D eigenvalue weighted by Crippen LogP contribution is -2.10. The number of thiophene rings is 2. The van der Waals surface area contributed by atoms with Crippen LogP contribution in [0.2, 0.25) is 0 Å². The van der Waals surface area contributed by atoms with Crippen molar-refractivity contribution < 1.29 is 14.3 Å². The first-order valence-corrected chi connectivity index (χ1v) is 15.9. The van der Waals surface area contributed by atoms with E-state index in [2.05, 4.69) is 66.7 Å². The van der Waals surface area contributed by atoms with E-state index in [1.54, 1.807) is 22.7 Å². The predicted octanol–water partition coefficient (Wildman–Crippen LogP) is 10.9. The van der Waals surface area contributed by atoms with Crippen LogP contribution in [0.3, 0.4) is 0 Å². The molecule has 7 rings (SSSR count). The minimum Gasteiger partial charge on any atom is -0.462 e. The van der Waals surface area contributed by atoms with Gasteiger partial charge in [-0.3, -0.25) is 4.79 Å². The maximum atomic E-state index is 13.8. The van der Waals surface area contributed by atoms with Gasteiger partial charge in [-0.2, -0.15) is 0 Å². The zero-order chi connectivity index (χ0) is 28.8. The number of carbonyl (C=O) groups excluding carboxylic acids is 2. The Balaban J connectivity index is 1.56. The van der Waals surface area contributed by atoms with E-state index in [1.165, 1.54) is 20.2 Å². The van der Waals surface area contributed by atoms with Crippen molar-refractivity contribution in [2.24, 2.45) is 0 Å². The maximum absolute atomic E-state index is 13.8. The van der Waals surface area contributed by atoms with Crippen LogP contribution in [-0.2, 0) is 4.74 Å². The summed E-state index contributed by atoms with van der Waals surface area (Å²) in [5.74, 6) is -0.310. The summed E-state index contributed by atoms with van der Waals surface area (Å²) < 4.78 is 10.2. The highest BCUT2D eigenvalue weighted by Crippen LogP contribution is 2.45. The van der Waals surface area contributed by atoms with E-state index in [-0.39, 0.29) is 18.4 Å². The van der Waals surface area contributed by atoms with Crippen LogP contribution < -0.4 is 0 Å². The van der Waals surface area contributed by atoms with Gasteiger partial charge in [-0.05, 0) is 48.7 Å². The molecule has 0 saturated carbocycles. The first-order valence-electron chi connectivity index (χ1n) is 14.3. The monoisotopic (exact) mass is 584 g/mol. The predicted molar refractivity (Wildman–Crippen MR) is 178 cm³/mol. The molecule has 0 aliphatic heterocycles. The van der Waals surface area contributed by atoms with Crippen LogP contribution in [0.5, 0.6) is 0 Å². The first kappa shape index (κ1) is 26.6. The third-order valence-corrected chi connectivity index (χ3v) is 10.3. The largest absolute Gasteiger partial charge is 0.462 e. The van der Waals surface area contributed by atoms with Gasteiger partial charge in [0.15, 0.2) is 5.78 Å². The summed E-state index contributed by atoms with van der Waals surface area (Å²) in [6, 6.07) is 33.0. The van der Waals surface area contributed by atoms with Crippen molar-refractivity contribution in [1.29, 1.82) is 0 Å². The van der Waals surface area contributed by atoms with Crippen LogP contribution in [0, 0.1) is 0 Å². The molecule has 2 aromatic heterocycles. The van der Waals surface area contributed by atoms with Crippen LogP contribution >= 0.6 is 22.7 Å². The number of hydrogen-bond donors (Lipinski definition) is 0.